The van der Waals surface area contributed by atoms with Gasteiger partial charge in [0.25, 0.3) is 0 Å². The van der Waals surface area contributed by atoms with Crippen LogP contribution in [0.4, 0.5) is 0 Å². The van der Waals surface area contributed by atoms with Gasteiger partial charge in [0.1, 0.15) is 13.2 Å². The largest absolute Gasteiger partial charge is 0.462 e. The van der Waals surface area contributed by atoms with Crippen molar-refractivity contribution in [3.63, 3.8) is 0 Å². The summed E-state index contributed by atoms with van der Waals surface area (Å²) in [6.07, 6.45) is 58.5. The molecule has 0 saturated heterocycles. The van der Waals surface area contributed by atoms with Gasteiger partial charge in [-0.05, 0) is 38.5 Å². The van der Waals surface area contributed by atoms with Crippen molar-refractivity contribution in [1.82, 2.24) is 0 Å². The number of carbonyl (C=O) groups excluding carboxylic acids is 3. The van der Waals surface area contributed by atoms with Crippen molar-refractivity contribution in [3.05, 3.63) is 36.5 Å². The topological polar surface area (TPSA) is 78.9 Å². The first-order chi connectivity index (χ1) is 30.0. The molecule has 0 aromatic rings. The van der Waals surface area contributed by atoms with Crippen LogP contribution in [0.15, 0.2) is 36.5 Å². The summed E-state index contributed by atoms with van der Waals surface area (Å²) >= 11 is 0. The van der Waals surface area contributed by atoms with Gasteiger partial charge in [0.05, 0.1) is 0 Å². The van der Waals surface area contributed by atoms with Crippen LogP contribution in [0.25, 0.3) is 0 Å². The van der Waals surface area contributed by atoms with E-state index in [1.54, 1.807) is 0 Å². The fourth-order valence-electron chi connectivity index (χ4n) is 7.74. The second kappa shape index (κ2) is 50.3. The van der Waals surface area contributed by atoms with Crippen LogP contribution in [0.5, 0.6) is 0 Å². The molecule has 1 atom stereocenters. The van der Waals surface area contributed by atoms with E-state index in [0.717, 1.165) is 70.6 Å². The summed E-state index contributed by atoms with van der Waals surface area (Å²) in [7, 11) is 0. The summed E-state index contributed by atoms with van der Waals surface area (Å²) < 4.78 is 16.8. The highest BCUT2D eigenvalue weighted by molar-refractivity contribution is 5.71. The number of unbranched alkanes of at least 4 members (excludes halogenated alkanes) is 33. The van der Waals surface area contributed by atoms with Crippen LogP contribution in [0.3, 0.4) is 0 Å². The van der Waals surface area contributed by atoms with Gasteiger partial charge in [-0.25, -0.2) is 0 Å². The van der Waals surface area contributed by atoms with Crippen molar-refractivity contribution in [3.8, 4) is 0 Å². The molecule has 6 heteroatoms. The van der Waals surface area contributed by atoms with Gasteiger partial charge in [-0.3, -0.25) is 14.4 Å². The fraction of sp³-hybridized carbons (Fsp3) is 0.836. The van der Waals surface area contributed by atoms with Crippen molar-refractivity contribution in [2.24, 2.45) is 0 Å². The molecule has 0 aliphatic carbocycles. The SMILES string of the molecule is CC\C=C/C=C\C=C/CCCCCCCCCC(=O)OC(COC(=O)CCCCCCCCCCC)COC(=O)CCCCCCCCCCCCCCCCCCCCC. The van der Waals surface area contributed by atoms with Gasteiger partial charge >= 0.3 is 17.9 Å². The van der Waals surface area contributed by atoms with Crippen LogP contribution in [0, 0.1) is 0 Å². The Morgan fingerprint density at radius 1 is 0.344 bits per heavy atom. The Morgan fingerprint density at radius 2 is 0.639 bits per heavy atom. The predicted octanol–water partition coefficient (Wildman–Crippen LogP) is 17.3. The van der Waals surface area contributed by atoms with Gasteiger partial charge in [-0.1, -0.05) is 256 Å². The Morgan fingerprint density at radius 3 is 0.984 bits per heavy atom. The summed E-state index contributed by atoms with van der Waals surface area (Å²) in [5.74, 6) is -0.875. The average molecular weight is 857 g/mol. The molecule has 0 saturated carbocycles. The smallest absolute Gasteiger partial charge is 0.306 e. The minimum absolute atomic E-state index is 0.0730. The summed E-state index contributed by atoms with van der Waals surface area (Å²) in [6, 6.07) is 0. The molecule has 61 heavy (non-hydrogen) atoms. The van der Waals surface area contributed by atoms with Gasteiger partial charge in [-0.2, -0.15) is 0 Å². The third kappa shape index (κ3) is 48.5. The normalized spacial score (nSPS) is 12.2. The second-order valence-corrected chi connectivity index (χ2v) is 17.8. The van der Waals surface area contributed by atoms with Gasteiger partial charge in [0.15, 0.2) is 6.10 Å². The lowest BCUT2D eigenvalue weighted by Gasteiger charge is -2.18. The molecule has 0 aromatic heterocycles. The minimum atomic E-state index is -0.772. The highest BCUT2D eigenvalue weighted by atomic mass is 16.6. The van der Waals surface area contributed by atoms with Gasteiger partial charge < -0.3 is 14.2 Å². The summed E-state index contributed by atoms with van der Waals surface area (Å²) in [5, 5.41) is 0. The van der Waals surface area contributed by atoms with E-state index in [1.165, 1.54) is 167 Å². The predicted molar refractivity (Wildman–Crippen MR) is 261 cm³/mol. The molecule has 0 aliphatic rings. The summed E-state index contributed by atoms with van der Waals surface area (Å²) in [4.78, 5) is 37.9. The standard InChI is InChI=1S/C55H100O6/c1-4-7-10-13-16-19-21-23-25-26-27-28-30-31-33-36-39-42-45-48-54(57)60-51-52(50-59-53(56)47-44-41-38-35-18-15-12-9-6-3)61-55(58)49-46-43-40-37-34-32-29-24-22-20-17-14-11-8-5-2/h8,11,14,17,20,22,52H,4-7,9-10,12-13,15-16,18-19,21,23-51H2,1-3H3/b11-8-,17-14-,22-20-. The molecule has 0 aliphatic heterocycles. The summed E-state index contributed by atoms with van der Waals surface area (Å²) in [6.45, 7) is 6.51. The molecular formula is C55H100O6. The monoisotopic (exact) mass is 857 g/mol. The number of rotatable bonds is 48. The van der Waals surface area contributed by atoms with Crippen LogP contribution in [0.1, 0.15) is 278 Å². The first kappa shape index (κ1) is 58.6. The van der Waals surface area contributed by atoms with Gasteiger partial charge in [-0.15, -0.1) is 0 Å². The zero-order valence-corrected chi connectivity index (χ0v) is 40.7. The molecular weight excluding hydrogens is 757 g/mol. The zero-order valence-electron chi connectivity index (χ0n) is 40.7. The maximum absolute atomic E-state index is 12.8. The van der Waals surface area contributed by atoms with Crippen LogP contribution in [-0.4, -0.2) is 37.2 Å². The first-order valence-electron chi connectivity index (χ1n) is 26.5. The molecule has 0 spiro atoms. The quantitative estimate of drug-likeness (QED) is 0.0262. The third-order valence-corrected chi connectivity index (χ3v) is 11.7. The Hall–Kier alpha value is -2.37. The molecule has 0 rings (SSSR count). The number of allylic oxidation sites excluding steroid dienone is 6. The Balaban J connectivity index is 4.26. The fourth-order valence-corrected chi connectivity index (χ4v) is 7.74. The van der Waals surface area contributed by atoms with E-state index in [1.807, 2.05) is 0 Å². The van der Waals surface area contributed by atoms with Crippen LogP contribution >= 0.6 is 0 Å². The van der Waals surface area contributed by atoms with E-state index in [2.05, 4.69) is 57.2 Å². The Kier molecular flexibility index (Phi) is 48.3. The molecule has 1 unspecified atom stereocenters. The van der Waals surface area contributed by atoms with Crippen LogP contribution in [-0.2, 0) is 28.6 Å². The molecule has 0 amide bonds. The maximum Gasteiger partial charge on any atom is 0.306 e. The molecule has 356 valence electrons. The van der Waals surface area contributed by atoms with Crippen LogP contribution in [0.2, 0.25) is 0 Å². The van der Waals surface area contributed by atoms with Crippen molar-refractivity contribution in [1.29, 1.82) is 0 Å². The lowest BCUT2D eigenvalue weighted by molar-refractivity contribution is -0.167. The number of esters is 3. The van der Waals surface area contributed by atoms with E-state index in [-0.39, 0.29) is 31.1 Å². The lowest BCUT2D eigenvalue weighted by atomic mass is 10.0. The van der Waals surface area contributed by atoms with E-state index in [0.29, 0.717) is 19.3 Å². The van der Waals surface area contributed by atoms with Crippen molar-refractivity contribution >= 4 is 17.9 Å². The molecule has 0 fully saturated rings. The molecule has 0 radical (unpaired) electrons. The van der Waals surface area contributed by atoms with Crippen molar-refractivity contribution in [2.45, 2.75) is 284 Å². The van der Waals surface area contributed by atoms with Gasteiger partial charge in [0, 0.05) is 19.3 Å². The highest BCUT2D eigenvalue weighted by Crippen LogP contribution is 2.16. The van der Waals surface area contributed by atoms with E-state index >= 15 is 0 Å². The van der Waals surface area contributed by atoms with E-state index in [4.69, 9.17) is 14.2 Å². The molecule has 0 N–H and O–H groups in total. The van der Waals surface area contributed by atoms with E-state index in [9.17, 15) is 14.4 Å². The molecule has 0 heterocycles. The Labute approximate surface area is 378 Å². The summed E-state index contributed by atoms with van der Waals surface area (Å²) in [5.41, 5.74) is 0. The Bertz CT molecular complexity index is 1030. The zero-order chi connectivity index (χ0) is 44.4. The second-order valence-electron chi connectivity index (χ2n) is 17.8. The highest BCUT2D eigenvalue weighted by Gasteiger charge is 2.19. The van der Waals surface area contributed by atoms with E-state index < -0.39 is 6.10 Å². The van der Waals surface area contributed by atoms with Crippen LogP contribution < -0.4 is 0 Å². The number of carbonyl (C=O) groups is 3. The number of hydrogen-bond donors (Lipinski definition) is 0. The van der Waals surface area contributed by atoms with Crippen molar-refractivity contribution < 1.29 is 28.6 Å². The third-order valence-electron chi connectivity index (χ3n) is 11.7. The van der Waals surface area contributed by atoms with Crippen molar-refractivity contribution in [2.75, 3.05) is 13.2 Å². The first-order valence-corrected chi connectivity index (χ1v) is 26.5. The maximum atomic E-state index is 12.8. The molecule has 0 aromatic carbocycles. The average Bonchev–Trinajstić information content (AvgIpc) is 3.26. The van der Waals surface area contributed by atoms with Gasteiger partial charge in [0.2, 0.25) is 0 Å². The molecule has 6 nitrogen and oxygen atoms in total. The minimum Gasteiger partial charge on any atom is -0.462 e. The number of ether oxygens (including phenoxy) is 3. The lowest BCUT2D eigenvalue weighted by Crippen LogP contribution is -2.30. The number of hydrogen-bond acceptors (Lipinski definition) is 6. The molecule has 0 bridgehead atoms.